The highest BCUT2D eigenvalue weighted by Gasteiger charge is 2.43. The summed E-state index contributed by atoms with van der Waals surface area (Å²) >= 11 is 6.17. The van der Waals surface area contributed by atoms with Gasteiger partial charge in [0, 0.05) is 24.7 Å². The number of halogens is 2. The second-order valence-electron chi connectivity index (χ2n) is 6.99. The van der Waals surface area contributed by atoms with Gasteiger partial charge >= 0.3 is 0 Å². The molecule has 5 heteroatoms. The molecule has 1 heterocycles. The van der Waals surface area contributed by atoms with Crippen LogP contribution in [0.25, 0.3) is 0 Å². The number of aliphatic hydroxyl groups is 1. The first-order chi connectivity index (χ1) is 11.9. The Balaban J connectivity index is 1.80. The Labute approximate surface area is 153 Å². The number of rotatable bonds is 4. The average molecular weight is 363 g/mol. The van der Waals surface area contributed by atoms with Gasteiger partial charge in [0.05, 0.1) is 6.04 Å². The van der Waals surface area contributed by atoms with E-state index in [2.05, 4.69) is 9.80 Å². The van der Waals surface area contributed by atoms with Gasteiger partial charge in [0.2, 0.25) is 0 Å². The maximum absolute atomic E-state index is 13.2. The molecule has 0 aliphatic carbocycles. The summed E-state index contributed by atoms with van der Waals surface area (Å²) in [6.45, 7) is 2.11. The molecule has 1 N–H and O–H groups in total. The first kappa shape index (κ1) is 18.3. The molecule has 0 saturated carbocycles. The van der Waals surface area contributed by atoms with Gasteiger partial charge in [-0.1, -0.05) is 48.0 Å². The van der Waals surface area contributed by atoms with Crippen LogP contribution in [0.1, 0.15) is 17.5 Å². The summed E-state index contributed by atoms with van der Waals surface area (Å²) in [5.74, 6) is -0.322. The minimum Gasteiger partial charge on any atom is -0.383 e. The normalized spacial score (nSPS) is 24.6. The molecule has 0 bridgehead atoms. The van der Waals surface area contributed by atoms with Gasteiger partial charge in [-0.15, -0.1) is 0 Å². The van der Waals surface area contributed by atoms with Gasteiger partial charge in [0.15, 0.2) is 0 Å². The number of benzene rings is 2. The minimum atomic E-state index is -0.881. The van der Waals surface area contributed by atoms with Crippen LogP contribution < -0.4 is 0 Å². The van der Waals surface area contributed by atoms with Crippen molar-refractivity contribution in [3.8, 4) is 0 Å². The molecule has 0 spiro atoms. The van der Waals surface area contributed by atoms with Crippen molar-refractivity contribution in [3.05, 3.63) is 70.5 Å². The largest absolute Gasteiger partial charge is 0.383 e. The maximum Gasteiger partial charge on any atom is 0.124 e. The minimum absolute atomic E-state index is 0.0390. The van der Waals surface area contributed by atoms with Gasteiger partial charge in [-0.05, 0) is 43.8 Å². The van der Waals surface area contributed by atoms with Crippen LogP contribution >= 0.6 is 11.6 Å². The quantitative estimate of drug-likeness (QED) is 0.901. The van der Waals surface area contributed by atoms with Gasteiger partial charge in [0.1, 0.15) is 11.4 Å². The molecule has 3 nitrogen and oxygen atoms in total. The zero-order valence-electron chi connectivity index (χ0n) is 14.6. The molecule has 1 aliphatic heterocycles. The molecular weight excluding hydrogens is 339 g/mol. The third-order valence-electron chi connectivity index (χ3n) is 5.10. The predicted octanol–water partition coefficient (Wildman–Crippen LogP) is 3.50. The van der Waals surface area contributed by atoms with Gasteiger partial charge < -0.3 is 10.0 Å². The van der Waals surface area contributed by atoms with Gasteiger partial charge in [-0.2, -0.15) is 0 Å². The lowest BCUT2D eigenvalue weighted by molar-refractivity contribution is -0.0892. The van der Waals surface area contributed by atoms with Crippen LogP contribution in [0, 0.1) is 5.82 Å². The third-order valence-corrected chi connectivity index (χ3v) is 5.45. The first-order valence-electron chi connectivity index (χ1n) is 8.51. The molecule has 2 atom stereocenters. The monoisotopic (exact) mass is 362 g/mol. The standard InChI is InChI=1S/C20H24ClFN2O/c1-23(2)19-14-24(13-15-8-9-17(22)12-18(15)21)11-10-20(19,25)16-6-4-3-5-7-16/h3-9,12,19,25H,10-11,13-14H2,1-2H3/t19-,20+/m1/s1. The van der Waals surface area contributed by atoms with E-state index in [1.54, 1.807) is 6.07 Å². The summed E-state index contributed by atoms with van der Waals surface area (Å²) in [5.41, 5.74) is 0.979. The molecule has 0 aromatic heterocycles. The van der Waals surface area contributed by atoms with E-state index < -0.39 is 5.60 Å². The zero-order valence-corrected chi connectivity index (χ0v) is 15.4. The molecule has 0 radical (unpaired) electrons. The third kappa shape index (κ3) is 3.87. The van der Waals surface area contributed by atoms with Crippen LogP contribution in [0.15, 0.2) is 48.5 Å². The smallest absolute Gasteiger partial charge is 0.124 e. The second kappa shape index (κ2) is 7.42. The van der Waals surface area contributed by atoms with Crippen LogP contribution in [0.3, 0.4) is 0 Å². The molecule has 25 heavy (non-hydrogen) atoms. The SMILES string of the molecule is CN(C)[C@@H]1CN(Cc2ccc(F)cc2Cl)CC[C@]1(O)c1ccccc1. The summed E-state index contributed by atoms with van der Waals surface area (Å²) in [6, 6.07) is 14.4. The van der Waals surface area contributed by atoms with Crippen LogP contribution in [-0.2, 0) is 12.1 Å². The lowest BCUT2D eigenvalue weighted by Crippen LogP contribution is -2.58. The Hall–Kier alpha value is -1.46. The van der Waals surface area contributed by atoms with Gasteiger partial charge in [-0.3, -0.25) is 4.90 Å². The van der Waals surface area contributed by atoms with Crippen molar-refractivity contribution >= 4 is 11.6 Å². The Bertz CT molecular complexity index is 725. The van der Waals surface area contributed by atoms with E-state index in [4.69, 9.17) is 11.6 Å². The summed E-state index contributed by atoms with van der Waals surface area (Å²) in [4.78, 5) is 4.34. The number of hydrogen-bond donors (Lipinski definition) is 1. The van der Waals surface area contributed by atoms with Crippen LogP contribution in [0.4, 0.5) is 4.39 Å². The van der Waals surface area contributed by atoms with Gasteiger partial charge in [0.25, 0.3) is 0 Å². The summed E-state index contributed by atoms with van der Waals surface area (Å²) in [6.07, 6.45) is 0.638. The van der Waals surface area contributed by atoms with Gasteiger partial charge in [-0.25, -0.2) is 4.39 Å². The summed E-state index contributed by atoms with van der Waals surface area (Å²) in [7, 11) is 3.99. The van der Waals surface area contributed by atoms with E-state index in [0.717, 1.165) is 17.7 Å². The highest BCUT2D eigenvalue weighted by atomic mass is 35.5. The molecule has 0 unspecified atom stereocenters. The second-order valence-corrected chi connectivity index (χ2v) is 7.40. The van der Waals surface area contributed by atoms with Crippen molar-refractivity contribution in [1.29, 1.82) is 0 Å². The predicted molar refractivity (Wildman–Crippen MR) is 99.1 cm³/mol. The Morgan fingerprint density at radius 3 is 2.60 bits per heavy atom. The molecule has 1 fully saturated rings. The Morgan fingerprint density at radius 1 is 1.24 bits per heavy atom. The summed E-state index contributed by atoms with van der Waals surface area (Å²) < 4.78 is 13.2. The molecule has 0 amide bonds. The highest BCUT2D eigenvalue weighted by molar-refractivity contribution is 6.31. The molecular formula is C20H24ClFN2O. The number of piperidine rings is 1. The van der Waals surface area contributed by atoms with Crippen LogP contribution in [-0.4, -0.2) is 48.1 Å². The van der Waals surface area contributed by atoms with E-state index in [-0.39, 0.29) is 11.9 Å². The fraction of sp³-hybridized carbons (Fsp3) is 0.400. The van der Waals surface area contributed by atoms with Crippen molar-refractivity contribution in [3.63, 3.8) is 0 Å². The maximum atomic E-state index is 13.2. The summed E-state index contributed by atoms with van der Waals surface area (Å²) in [5, 5.41) is 11.9. The van der Waals surface area contributed by atoms with E-state index in [1.807, 2.05) is 44.4 Å². The van der Waals surface area contributed by atoms with E-state index >= 15 is 0 Å². The van der Waals surface area contributed by atoms with Crippen molar-refractivity contribution in [2.24, 2.45) is 0 Å². The Kier molecular flexibility index (Phi) is 5.44. The number of likely N-dealkylation sites (tertiary alicyclic amines) is 1. The topological polar surface area (TPSA) is 26.7 Å². The van der Waals surface area contributed by atoms with Crippen molar-refractivity contribution in [2.45, 2.75) is 24.6 Å². The number of hydrogen-bond acceptors (Lipinski definition) is 3. The molecule has 1 aliphatic rings. The lowest BCUT2D eigenvalue weighted by atomic mass is 9.79. The zero-order chi connectivity index (χ0) is 18.0. The van der Waals surface area contributed by atoms with E-state index in [1.165, 1.54) is 12.1 Å². The fourth-order valence-electron chi connectivity index (χ4n) is 3.67. The van der Waals surface area contributed by atoms with Crippen molar-refractivity contribution < 1.29 is 9.50 Å². The van der Waals surface area contributed by atoms with E-state index in [9.17, 15) is 9.50 Å². The van der Waals surface area contributed by atoms with Crippen LogP contribution in [0.5, 0.6) is 0 Å². The van der Waals surface area contributed by atoms with Crippen molar-refractivity contribution in [2.75, 3.05) is 27.2 Å². The molecule has 2 aromatic carbocycles. The van der Waals surface area contributed by atoms with E-state index in [0.29, 0.717) is 24.5 Å². The number of nitrogens with zero attached hydrogens (tertiary/aromatic N) is 2. The molecule has 1 saturated heterocycles. The molecule has 2 aromatic rings. The lowest BCUT2D eigenvalue weighted by Gasteiger charge is -2.47. The molecule has 3 rings (SSSR count). The Morgan fingerprint density at radius 2 is 1.96 bits per heavy atom. The van der Waals surface area contributed by atoms with Crippen molar-refractivity contribution in [1.82, 2.24) is 9.80 Å². The number of likely N-dealkylation sites (N-methyl/N-ethyl adjacent to an activating group) is 1. The van der Waals surface area contributed by atoms with Crippen LogP contribution in [0.2, 0.25) is 5.02 Å². The highest BCUT2D eigenvalue weighted by Crippen LogP contribution is 2.36. The average Bonchev–Trinajstić information content (AvgIpc) is 2.59. The molecule has 134 valence electrons. The fourth-order valence-corrected chi connectivity index (χ4v) is 3.90. The first-order valence-corrected chi connectivity index (χ1v) is 8.88.